The summed E-state index contributed by atoms with van der Waals surface area (Å²) in [5.41, 5.74) is 2.76. The normalized spacial score (nSPS) is 23.9. The molecule has 0 saturated carbocycles. The van der Waals surface area contributed by atoms with Gasteiger partial charge in [-0.3, -0.25) is 9.69 Å². The Hall–Kier alpha value is -1.35. The molecule has 0 bridgehead atoms. The number of carbonyl (C=O) groups is 1. The van der Waals surface area contributed by atoms with Gasteiger partial charge in [-0.05, 0) is 51.3 Å². The van der Waals surface area contributed by atoms with Gasteiger partial charge in [-0.25, -0.2) is 0 Å². The maximum absolute atomic E-state index is 12.5. The van der Waals surface area contributed by atoms with E-state index in [4.69, 9.17) is 4.11 Å². The van der Waals surface area contributed by atoms with E-state index in [1.54, 1.807) is 0 Å². The summed E-state index contributed by atoms with van der Waals surface area (Å²) in [5, 5.41) is 2.92. The summed E-state index contributed by atoms with van der Waals surface area (Å²) in [4.78, 5) is 13.9. The number of hydrogen-bond donors (Lipinski definition) is 1. The molecule has 3 nitrogen and oxygen atoms in total. The van der Waals surface area contributed by atoms with Gasteiger partial charge in [0.2, 0.25) is 5.91 Å². The molecule has 1 amide bonds. The summed E-state index contributed by atoms with van der Waals surface area (Å²) in [5.74, 6) is -0.219. The second-order valence-electron chi connectivity index (χ2n) is 4.96. The van der Waals surface area contributed by atoms with Gasteiger partial charge in [0.15, 0.2) is 0 Å². The number of aryl methyl sites for hydroxylation is 2. The van der Waals surface area contributed by atoms with E-state index in [2.05, 4.69) is 5.32 Å². The third-order valence-corrected chi connectivity index (χ3v) is 3.53. The zero-order valence-electron chi connectivity index (χ0n) is 14.0. The molecule has 0 aromatic heterocycles. The predicted octanol–water partition coefficient (Wildman–Crippen LogP) is 2.73. The molecule has 2 rings (SSSR count). The van der Waals surface area contributed by atoms with Gasteiger partial charge in [0.1, 0.15) is 0 Å². The van der Waals surface area contributed by atoms with Crippen molar-refractivity contribution in [3.05, 3.63) is 29.3 Å². The van der Waals surface area contributed by atoms with Crippen LogP contribution in [0.1, 0.15) is 34.5 Å². The van der Waals surface area contributed by atoms with E-state index in [-0.39, 0.29) is 5.91 Å². The van der Waals surface area contributed by atoms with E-state index in [0.29, 0.717) is 13.0 Å². The number of likely N-dealkylation sites (tertiary alicyclic amines) is 1. The first-order chi connectivity index (χ1) is 9.80. The highest BCUT2D eigenvalue weighted by Crippen LogP contribution is 2.22. The second-order valence-corrected chi connectivity index (χ2v) is 4.96. The summed E-state index contributed by atoms with van der Waals surface area (Å²) in [7, 11) is 0. The molecule has 1 saturated heterocycles. The van der Waals surface area contributed by atoms with Crippen molar-refractivity contribution in [2.75, 3.05) is 18.8 Å². The molecule has 1 fully saturated rings. The third-order valence-electron chi connectivity index (χ3n) is 3.53. The van der Waals surface area contributed by atoms with Gasteiger partial charge < -0.3 is 5.32 Å². The molecule has 0 spiro atoms. The summed E-state index contributed by atoms with van der Waals surface area (Å²) < 4.78 is 22.8. The van der Waals surface area contributed by atoms with Gasteiger partial charge in [0.05, 0.1) is 6.04 Å². The van der Waals surface area contributed by atoms with Crippen LogP contribution in [0.15, 0.2) is 18.2 Å². The Labute approximate surface area is 113 Å². The molecule has 3 heteroatoms. The Balaban J connectivity index is 2.18. The van der Waals surface area contributed by atoms with Crippen molar-refractivity contribution in [3.63, 3.8) is 0 Å². The number of benzene rings is 1. The molecule has 1 aromatic rings. The van der Waals surface area contributed by atoms with Crippen molar-refractivity contribution < 1.29 is 8.91 Å². The minimum absolute atomic E-state index is 0.219. The average Bonchev–Trinajstić information content (AvgIpc) is 2.42. The Morgan fingerprint density at radius 2 is 2.11 bits per heavy atom. The molecule has 1 unspecified atom stereocenters. The topological polar surface area (TPSA) is 32.3 Å². The van der Waals surface area contributed by atoms with Crippen molar-refractivity contribution in [2.45, 2.75) is 39.2 Å². The molecule has 0 radical (unpaired) electrons. The van der Waals surface area contributed by atoms with Crippen LogP contribution in [0.4, 0.5) is 5.69 Å². The number of anilines is 1. The van der Waals surface area contributed by atoms with Gasteiger partial charge in [-0.2, -0.15) is 0 Å². The smallest absolute Gasteiger partial charge is 0.241 e. The number of carbonyl (C=O) groups excluding carboxylic acids is 1. The Morgan fingerprint density at radius 3 is 2.78 bits per heavy atom. The third kappa shape index (κ3) is 2.72. The molecule has 1 N–H and O–H groups in total. The lowest BCUT2D eigenvalue weighted by Crippen LogP contribution is -2.44. The average molecular weight is 250 g/mol. The van der Waals surface area contributed by atoms with Crippen molar-refractivity contribution >= 4 is 11.6 Å². The lowest BCUT2D eigenvalue weighted by Gasteiger charge is -2.31. The fourth-order valence-corrected chi connectivity index (χ4v) is 2.42. The van der Waals surface area contributed by atoms with Crippen LogP contribution in [0.25, 0.3) is 0 Å². The summed E-state index contributed by atoms with van der Waals surface area (Å²) in [6, 6.07) is 5.23. The molecular formula is C15H22N2O. The Bertz CT molecular complexity index is 508. The molecule has 1 heterocycles. The Morgan fingerprint density at radius 1 is 1.39 bits per heavy atom. The zero-order valence-corrected chi connectivity index (χ0v) is 11.0. The minimum atomic E-state index is -2.22. The fourth-order valence-electron chi connectivity index (χ4n) is 2.42. The number of nitrogens with zero attached hydrogens (tertiary/aromatic N) is 1. The van der Waals surface area contributed by atoms with E-state index >= 15 is 0 Å². The van der Waals surface area contributed by atoms with Gasteiger partial charge in [-0.1, -0.05) is 24.6 Å². The second kappa shape index (κ2) is 5.53. The number of likely N-dealkylation sites (N-methyl/N-ethyl adjacent to an activating group) is 1. The number of nitrogens with one attached hydrogen (secondary N) is 1. The van der Waals surface area contributed by atoms with E-state index in [0.717, 1.165) is 29.7 Å². The number of para-hydroxylation sites is 1. The van der Waals surface area contributed by atoms with Crippen LogP contribution in [0.5, 0.6) is 0 Å². The summed E-state index contributed by atoms with van der Waals surface area (Å²) >= 11 is 0. The standard InChI is InChI=1S/C15H22N2O/c1-11-7-6-8-12(2)14(11)16-15(18)13-9-4-5-10-17(13)3/h6-8,13H,4-5,9-10H2,1-3H3,(H,16,18)/i3+1D3. The molecule has 1 aliphatic heterocycles. The quantitative estimate of drug-likeness (QED) is 0.819. The number of rotatable bonds is 2. The van der Waals surface area contributed by atoms with Crippen molar-refractivity contribution in [3.8, 4) is 0 Å². The van der Waals surface area contributed by atoms with Crippen LogP contribution < -0.4 is 5.32 Å². The van der Waals surface area contributed by atoms with Crippen molar-refractivity contribution in [1.82, 2.24) is 4.90 Å². The molecule has 1 aliphatic rings. The maximum Gasteiger partial charge on any atom is 0.241 e. The van der Waals surface area contributed by atoms with Gasteiger partial charge in [0.25, 0.3) is 0 Å². The maximum atomic E-state index is 12.5. The van der Waals surface area contributed by atoms with Crippen molar-refractivity contribution in [2.24, 2.45) is 0 Å². The SMILES string of the molecule is [2H][13C]([2H])([2H])N1CCCCC1C(=O)Nc1c(C)cccc1C. The highest BCUT2D eigenvalue weighted by molar-refractivity contribution is 5.96. The van der Waals surface area contributed by atoms with Gasteiger partial charge in [-0.15, -0.1) is 0 Å². The van der Waals surface area contributed by atoms with Gasteiger partial charge in [0, 0.05) is 9.80 Å². The van der Waals surface area contributed by atoms with Gasteiger partial charge >= 0.3 is 0 Å². The lowest BCUT2D eigenvalue weighted by molar-refractivity contribution is -0.121. The molecule has 0 aliphatic carbocycles. The lowest BCUT2D eigenvalue weighted by atomic mass is 10.0. The van der Waals surface area contributed by atoms with Crippen LogP contribution >= 0.6 is 0 Å². The first-order valence-corrected chi connectivity index (χ1v) is 6.44. The predicted molar refractivity (Wildman–Crippen MR) is 74.8 cm³/mol. The molecule has 1 aromatic carbocycles. The Kier molecular flexibility index (Phi) is 2.94. The molecule has 18 heavy (non-hydrogen) atoms. The highest BCUT2D eigenvalue weighted by atomic mass is 16.2. The first-order valence-electron chi connectivity index (χ1n) is 7.94. The van der Waals surface area contributed by atoms with Crippen LogP contribution in [0, 0.1) is 13.8 Å². The number of hydrogen-bond acceptors (Lipinski definition) is 2. The monoisotopic (exact) mass is 250 g/mol. The molecule has 1 atom stereocenters. The first kappa shape index (κ1) is 9.56. The number of amides is 1. The van der Waals surface area contributed by atoms with Crippen LogP contribution in [0.2, 0.25) is 0 Å². The molecular weight excluding hydrogens is 225 g/mol. The van der Waals surface area contributed by atoms with E-state index in [1.165, 1.54) is 4.90 Å². The number of piperidine rings is 1. The van der Waals surface area contributed by atoms with E-state index in [1.807, 2.05) is 32.0 Å². The van der Waals surface area contributed by atoms with Crippen LogP contribution in [0.3, 0.4) is 0 Å². The molecule has 98 valence electrons. The van der Waals surface area contributed by atoms with Crippen LogP contribution in [-0.2, 0) is 4.79 Å². The fraction of sp³-hybridized carbons (Fsp3) is 0.533. The summed E-state index contributed by atoms with van der Waals surface area (Å²) in [6.07, 6.45) is 2.30. The largest absolute Gasteiger partial charge is 0.324 e. The minimum Gasteiger partial charge on any atom is -0.324 e. The van der Waals surface area contributed by atoms with E-state index < -0.39 is 13.0 Å². The summed E-state index contributed by atoms with van der Waals surface area (Å²) in [6.45, 7) is 2.10. The zero-order chi connectivity index (χ0) is 15.6. The van der Waals surface area contributed by atoms with Crippen molar-refractivity contribution in [1.29, 1.82) is 0 Å². The van der Waals surface area contributed by atoms with E-state index in [9.17, 15) is 4.79 Å². The van der Waals surface area contributed by atoms with Crippen LogP contribution in [-0.4, -0.2) is 30.4 Å². The highest BCUT2D eigenvalue weighted by Gasteiger charge is 2.26.